The summed E-state index contributed by atoms with van der Waals surface area (Å²) < 4.78 is 2.23. The molecular weight excluding hydrogens is 248 g/mol. The molecule has 0 saturated heterocycles. The summed E-state index contributed by atoms with van der Waals surface area (Å²) in [5, 5.41) is 8.75. The molecule has 1 aromatic carbocycles. The van der Waals surface area contributed by atoms with Crippen molar-refractivity contribution in [2.45, 2.75) is 19.4 Å². The lowest BCUT2D eigenvalue weighted by atomic mass is 10.0. The topological polar surface area (TPSA) is 43.6 Å². The third-order valence-electron chi connectivity index (χ3n) is 3.84. The molecule has 0 radical (unpaired) electrons. The monoisotopic (exact) mass is 262 g/mol. The third kappa shape index (κ3) is 1.81. The fourth-order valence-corrected chi connectivity index (χ4v) is 2.79. The third-order valence-corrected chi connectivity index (χ3v) is 3.84. The summed E-state index contributed by atoms with van der Waals surface area (Å²) >= 11 is 0. The number of hydrogen-bond acceptors (Lipinski definition) is 3. The van der Waals surface area contributed by atoms with Gasteiger partial charge in [0.2, 0.25) is 0 Å². The van der Waals surface area contributed by atoms with Crippen LogP contribution in [0.25, 0.3) is 11.4 Å². The van der Waals surface area contributed by atoms with Gasteiger partial charge in [0.25, 0.3) is 0 Å². The highest BCUT2D eigenvalue weighted by Gasteiger charge is 2.18. The van der Waals surface area contributed by atoms with Crippen molar-refractivity contribution < 1.29 is 0 Å². The summed E-state index contributed by atoms with van der Waals surface area (Å²) in [5.74, 6) is 1.98. The summed E-state index contributed by atoms with van der Waals surface area (Å²) in [6.07, 6.45) is 5.47. The van der Waals surface area contributed by atoms with Crippen LogP contribution in [0.15, 0.2) is 48.8 Å². The molecule has 98 valence electrons. The molecule has 2 aromatic heterocycles. The maximum atomic E-state index is 4.38. The van der Waals surface area contributed by atoms with Crippen LogP contribution in [-0.4, -0.2) is 19.7 Å². The highest BCUT2D eigenvalue weighted by molar-refractivity contribution is 5.54. The Hall–Kier alpha value is -2.49. The summed E-state index contributed by atoms with van der Waals surface area (Å²) in [6, 6.07) is 12.6. The van der Waals surface area contributed by atoms with Crippen molar-refractivity contribution in [2.75, 3.05) is 0 Å². The first-order chi connectivity index (χ1) is 9.92. The van der Waals surface area contributed by atoms with Gasteiger partial charge in [-0.2, -0.15) is 0 Å². The first-order valence-corrected chi connectivity index (χ1v) is 6.81. The number of hydrogen-bond donors (Lipinski definition) is 0. The summed E-state index contributed by atoms with van der Waals surface area (Å²) in [7, 11) is 0. The van der Waals surface area contributed by atoms with Gasteiger partial charge in [0.15, 0.2) is 5.82 Å². The summed E-state index contributed by atoms with van der Waals surface area (Å²) in [6.45, 7) is 0.928. The van der Waals surface area contributed by atoms with E-state index < -0.39 is 0 Å². The molecule has 0 aliphatic carbocycles. The minimum absolute atomic E-state index is 0.855. The average Bonchev–Trinajstić information content (AvgIpc) is 2.81. The van der Waals surface area contributed by atoms with E-state index >= 15 is 0 Å². The van der Waals surface area contributed by atoms with Crippen molar-refractivity contribution in [1.29, 1.82) is 0 Å². The zero-order valence-corrected chi connectivity index (χ0v) is 11.0. The van der Waals surface area contributed by atoms with E-state index in [1.165, 1.54) is 11.1 Å². The maximum absolute atomic E-state index is 4.38. The van der Waals surface area contributed by atoms with Gasteiger partial charge < -0.3 is 4.57 Å². The zero-order chi connectivity index (χ0) is 13.4. The van der Waals surface area contributed by atoms with Gasteiger partial charge in [-0.25, -0.2) is 0 Å². The molecule has 20 heavy (non-hydrogen) atoms. The molecule has 4 heteroatoms. The minimum Gasteiger partial charge on any atom is -0.310 e. The smallest absolute Gasteiger partial charge is 0.164 e. The van der Waals surface area contributed by atoms with Gasteiger partial charge in [-0.15, -0.1) is 10.2 Å². The van der Waals surface area contributed by atoms with Crippen molar-refractivity contribution in [3.63, 3.8) is 0 Å². The molecular formula is C16H14N4. The van der Waals surface area contributed by atoms with Gasteiger partial charge >= 0.3 is 0 Å². The fourth-order valence-electron chi connectivity index (χ4n) is 2.79. The van der Waals surface area contributed by atoms with E-state index in [0.29, 0.717) is 0 Å². The van der Waals surface area contributed by atoms with E-state index in [2.05, 4.69) is 44.0 Å². The molecule has 0 bridgehead atoms. The van der Waals surface area contributed by atoms with Gasteiger partial charge in [0.1, 0.15) is 5.82 Å². The average molecular weight is 262 g/mol. The van der Waals surface area contributed by atoms with E-state index in [-0.39, 0.29) is 0 Å². The van der Waals surface area contributed by atoms with Crippen molar-refractivity contribution in [3.05, 3.63) is 65.7 Å². The van der Waals surface area contributed by atoms with Crippen LogP contribution in [0.4, 0.5) is 0 Å². The van der Waals surface area contributed by atoms with E-state index in [9.17, 15) is 0 Å². The van der Waals surface area contributed by atoms with Crippen molar-refractivity contribution >= 4 is 0 Å². The Morgan fingerprint density at radius 3 is 2.55 bits per heavy atom. The number of pyridine rings is 1. The molecule has 4 nitrogen and oxygen atoms in total. The highest BCUT2D eigenvalue weighted by Crippen LogP contribution is 2.24. The Bertz CT molecular complexity index is 746. The Kier molecular flexibility index (Phi) is 2.59. The number of aryl methyl sites for hydroxylation is 1. The number of nitrogens with zero attached hydrogens (tertiary/aromatic N) is 4. The number of benzene rings is 1. The second-order valence-corrected chi connectivity index (χ2v) is 5.02. The molecule has 0 fully saturated rings. The van der Waals surface area contributed by atoms with Gasteiger partial charge in [0, 0.05) is 30.9 Å². The fraction of sp³-hybridized carbons (Fsp3) is 0.188. The van der Waals surface area contributed by atoms with Crippen LogP contribution < -0.4 is 0 Å². The SMILES string of the molecule is c1ccc2c(c1)CCn1c(nnc1-c1ccncc1)C2. The molecule has 0 amide bonds. The quantitative estimate of drug-likeness (QED) is 0.676. The molecule has 1 aliphatic heterocycles. The number of rotatable bonds is 1. The predicted molar refractivity (Wildman–Crippen MR) is 76.2 cm³/mol. The van der Waals surface area contributed by atoms with Gasteiger partial charge in [0.05, 0.1) is 0 Å². The molecule has 3 aromatic rings. The van der Waals surface area contributed by atoms with Gasteiger partial charge in [-0.3, -0.25) is 4.98 Å². The first-order valence-electron chi connectivity index (χ1n) is 6.81. The number of aromatic nitrogens is 4. The van der Waals surface area contributed by atoms with Crippen LogP contribution in [-0.2, 0) is 19.4 Å². The van der Waals surface area contributed by atoms with E-state index in [0.717, 1.165) is 36.6 Å². The Morgan fingerprint density at radius 1 is 0.900 bits per heavy atom. The molecule has 4 rings (SSSR count). The van der Waals surface area contributed by atoms with Crippen LogP contribution in [0.1, 0.15) is 17.0 Å². The normalized spacial score (nSPS) is 13.4. The maximum Gasteiger partial charge on any atom is 0.164 e. The molecule has 1 aliphatic rings. The van der Waals surface area contributed by atoms with Crippen LogP contribution in [0.2, 0.25) is 0 Å². The second kappa shape index (κ2) is 4.56. The summed E-state index contributed by atoms with van der Waals surface area (Å²) in [4.78, 5) is 4.06. The second-order valence-electron chi connectivity index (χ2n) is 5.02. The first kappa shape index (κ1) is 11.3. The molecule has 0 unspecified atom stereocenters. The van der Waals surface area contributed by atoms with Crippen LogP contribution in [0.5, 0.6) is 0 Å². The molecule has 0 N–H and O–H groups in total. The molecule has 0 saturated carbocycles. The highest BCUT2D eigenvalue weighted by atomic mass is 15.3. The lowest BCUT2D eigenvalue weighted by Crippen LogP contribution is -2.04. The Balaban J connectivity index is 1.79. The van der Waals surface area contributed by atoms with E-state index in [4.69, 9.17) is 0 Å². The molecule has 0 atom stereocenters. The largest absolute Gasteiger partial charge is 0.310 e. The minimum atomic E-state index is 0.855. The summed E-state index contributed by atoms with van der Waals surface area (Å²) in [5.41, 5.74) is 3.85. The van der Waals surface area contributed by atoms with Crippen LogP contribution in [0.3, 0.4) is 0 Å². The van der Waals surface area contributed by atoms with E-state index in [1.54, 1.807) is 12.4 Å². The Labute approximate surface area is 117 Å². The van der Waals surface area contributed by atoms with Crippen LogP contribution in [0, 0.1) is 0 Å². The number of fused-ring (bicyclic) bond motifs is 2. The molecule has 3 heterocycles. The van der Waals surface area contributed by atoms with Crippen molar-refractivity contribution in [3.8, 4) is 11.4 Å². The lowest BCUT2D eigenvalue weighted by Gasteiger charge is -2.06. The molecule has 0 spiro atoms. The zero-order valence-electron chi connectivity index (χ0n) is 11.0. The standard InChI is InChI=1S/C16H14N4/c1-2-4-14-11-15-18-19-16(13-5-8-17-9-6-13)20(15)10-7-12(14)3-1/h1-6,8-9H,7,10-11H2. The van der Waals surface area contributed by atoms with Gasteiger partial charge in [-0.1, -0.05) is 24.3 Å². The van der Waals surface area contributed by atoms with E-state index in [1.807, 2.05) is 12.1 Å². The predicted octanol–water partition coefficient (Wildman–Crippen LogP) is 2.49. The van der Waals surface area contributed by atoms with Crippen molar-refractivity contribution in [2.24, 2.45) is 0 Å². The Morgan fingerprint density at radius 2 is 1.70 bits per heavy atom. The van der Waals surface area contributed by atoms with Crippen molar-refractivity contribution in [1.82, 2.24) is 19.7 Å². The van der Waals surface area contributed by atoms with Gasteiger partial charge in [-0.05, 0) is 29.7 Å². The van der Waals surface area contributed by atoms with Crippen LogP contribution >= 0.6 is 0 Å². The lowest BCUT2D eigenvalue weighted by molar-refractivity contribution is 0.686.